The van der Waals surface area contributed by atoms with Crippen LogP contribution >= 0.6 is 0 Å². The van der Waals surface area contributed by atoms with Gasteiger partial charge in [0.2, 0.25) is 5.91 Å². The molecule has 0 spiro atoms. The molecule has 1 fully saturated rings. The summed E-state index contributed by atoms with van der Waals surface area (Å²) in [5.74, 6) is 0.164. The van der Waals surface area contributed by atoms with Crippen molar-refractivity contribution in [1.29, 1.82) is 0 Å². The van der Waals surface area contributed by atoms with Crippen LogP contribution < -0.4 is 5.32 Å². The molecule has 0 aromatic rings. The van der Waals surface area contributed by atoms with E-state index in [9.17, 15) is 9.59 Å². The molecule has 6 heteroatoms. The lowest BCUT2D eigenvalue weighted by atomic mass is 10.2. The fourth-order valence-corrected chi connectivity index (χ4v) is 2.24. The van der Waals surface area contributed by atoms with Crippen LogP contribution in [0.15, 0.2) is 0 Å². The molecule has 1 unspecified atom stereocenters. The zero-order chi connectivity index (χ0) is 15.7. The lowest BCUT2D eigenvalue weighted by Gasteiger charge is -2.24. The molecule has 1 heterocycles. The highest BCUT2D eigenvalue weighted by Crippen LogP contribution is 2.13. The van der Waals surface area contributed by atoms with E-state index in [0.29, 0.717) is 38.5 Å². The highest BCUT2D eigenvalue weighted by molar-refractivity contribution is 5.78. The van der Waals surface area contributed by atoms with Gasteiger partial charge in [0.1, 0.15) is 0 Å². The molecule has 1 amide bonds. The Labute approximate surface area is 127 Å². The number of hydrogen-bond acceptors (Lipinski definition) is 5. The number of nitrogens with zero attached hydrogens (tertiary/aromatic N) is 1. The summed E-state index contributed by atoms with van der Waals surface area (Å²) < 4.78 is 10.3. The monoisotopic (exact) mass is 300 g/mol. The number of hydrogen-bond donors (Lipinski definition) is 1. The van der Waals surface area contributed by atoms with E-state index in [-0.39, 0.29) is 18.0 Å². The van der Waals surface area contributed by atoms with Gasteiger partial charge in [-0.05, 0) is 18.8 Å². The van der Waals surface area contributed by atoms with Gasteiger partial charge in [0.15, 0.2) is 0 Å². The van der Waals surface area contributed by atoms with Gasteiger partial charge in [-0.2, -0.15) is 0 Å². The Morgan fingerprint density at radius 2 is 2.19 bits per heavy atom. The quantitative estimate of drug-likeness (QED) is 0.638. The van der Waals surface area contributed by atoms with Gasteiger partial charge in [0, 0.05) is 26.2 Å². The molecule has 1 rings (SSSR count). The average molecular weight is 300 g/mol. The van der Waals surface area contributed by atoms with Crippen LogP contribution in [0, 0.1) is 5.92 Å². The molecule has 0 bridgehead atoms. The number of nitrogens with one attached hydrogen (secondary N) is 1. The van der Waals surface area contributed by atoms with Gasteiger partial charge in [-0.3, -0.25) is 14.5 Å². The summed E-state index contributed by atoms with van der Waals surface area (Å²) in [4.78, 5) is 25.2. The first-order valence-corrected chi connectivity index (χ1v) is 7.68. The molecule has 1 N–H and O–H groups in total. The molecule has 1 aliphatic heterocycles. The highest BCUT2D eigenvalue weighted by atomic mass is 16.5. The molecule has 6 nitrogen and oxygen atoms in total. The van der Waals surface area contributed by atoms with Crippen LogP contribution in [0.5, 0.6) is 0 Å². The van der Waals surface area contributed by atoms with Gasteiger partial charge in [-0.25, -0.2) is 0 Å². The van der Waals surface area contributed by atoms with Gasteiger partial charge >= 0.3 is 5.97 Å². The normalized spacial score (nSPS) is 18.2. The van der Waals surface area contributed by atoms with Crippen LogP contribution in [0.2, 0.25) is 0 Å². The van der Waals surface area contributed by atoms with Gasteiger partial charge < -0.3 is 14.8 Å². The van der Waals surface area contributed by atoms with Crippen molar-refractivity contribution in [3.63, 3.8) is 0 Å². The van der Waals surface area contributed by atoms with Crippen LogP contribution in [-0.2, 0) is 19.1 Å². The van der Waals surface area contributed by atoms with Crippen molar-refractivity contribution in [2.75, 3.05) is 39.9 Å². The second kappa shape index (κ2) is 9.73. The van der Waals surface area contributed by atoms with Crippen LogP contribution in [0.4, 0.5) is 0 Å². The largest absolute Gasteiger partial charge is 0.469 e. The Balaban J connectivity index is 2.41. The lowest BCUT2D eigenvalue weighted by molar-refractivity contribution is -0.141. The Hall–Kier alpha value is -1.14. The summed E-state index contributed by atoms with van der Waals surface area (Å²) in [6.07, 6.45) is 2.54. The number of methoxy groups -OCH3 is 1. The summed E-state index contributed by atoms with van der Waals surface area (Å²) >= 11 is 0. The third-order valence-corrected chi connectivity index (χ3v) is 3.42. The van der Waals surface area contributed by atoms with Crippen LogP contribution in [0.3, 0.4) is 0 Å². The number of carbonyl (C=O) groups is 2. The highest BCUT2D eigenvalue weighted by Gasteiger charge is 2.21. The van der Waals surface area contributed by atoms with E-state index in [4.69, 9.17) is 4.74 Å². The molecule has 1 aliphatic rings. The molecule has 21 heavy (non-hydrogen) atoms. The zero-order valence-corrected chi connectivity index (χ0v) is 13.4. The maximum atomic E-state index is 11.9. The van der Waals surface area contributed by atoms with Crippen molar-refractivity contribution in [2.45, 2.75) is 39.2 Å². The first-order valence-electron chi connectivity index (χ1n) is 7.68. The summed E-state index contributed by atoms with van der Waals surface area (Å²) in [5, 5.41) is 2.90. The zero-order valence-electron chi connectivity index (χ0n) is 13.4. The molecular weight excluding hydrogens is 272 g/mol. The predicted octanol–water partition coefficient (Wildman–Crippen LogP) is 0.803. The molecule has 122 valence electrons. The number of esters is 1. The number of amides is 1. The van der Waals surface area contributed by atoms with Crippen molar-refractivity contribution in [3.8, 4) is 0 Å². The first-order chi connectivity index (χ1) is 10.0. The van der Waals surface area contributed by atoms with Crippen molar-refractivity contribution in [1.82, 2.24) is 10.2 Å². The fourth-order valence-electron chi connectivity index (χ4n) is 2.24. The van der Waals surface area contributed by atoms with Gasteiger partial charge in [-0.1, -0.05) is 13.8 Å². The third-order valence-electron chi connectivity index (χ3n) is 3.42. The second-order valence-corrected chi connectivity index (χ2v) is 5.89. The maximum absolute atomic E-state index is 11.9. The average Bonchev–Trinajstić information content (AvgIpc) is 2.95. The minimum atomic E-state index is -0.255. The van der Waals surface area contributed by atoms with Crippen LogP contribution in [-0.4, -0.2) is 62.8 Å². The Morgan fingerprint density at radius 3 is 2.76 bits per heavy atom. The minimum absolute atomic E-state index is 0.00781. The summed E-state index contributed by atoms with van der Waals surface area (Å²) in [7, 11) is 1.38. The van der Waals surface area contributed by atoms with Crippen molar-refractivity contribution in [2.24, 2.45) is 5.92 Å². The maximum Gasteiger partial charge on any atom is 0.306 e. The predicted molar refractivity (Wildman–Crippen MR) is 79.9 cm³/mol. The number of ether oxygens (including phenoxy) is 2. The molecule has 0 aliphatic carbocycles. The van der Waals surface area contributed by atoms with E-state index >= 15 is 0 Å². The van der Waals surface area contributed by atoms with Crippen molar-refractivity contribution in [3.05, 3.63) is 0 Å². The Bertz CT molecular complexity index is 328. The second-order valence-electron chi connectivity index (χ2n) is 5.89. The van der Waals surface area contributed by atoms with E-state index < -0.39 is 0 Å². The summed E-state index contributed by atoms with van der Waals surface area (Å²) in [6.45, 7) is 7.07. The summed E-state index contributed by atoms with van der Waals surface area (Å²) in [5.41, 5.74) is 0. The third kappa shape index (κ3) is 8.02. The fraction of sp³-hybridized carbons (Fsp3) is 0.867. The molecule has 0 saturated carbocycles. The van der Waals surface area contributed by atoms with E-state index in [1.54, 1.807) is 0 Å². The Morgan fingerprint density at radius 1 is 1.43 bits per heavy atom. The SMILES string of the molecule is COC(=O)CCN(CC(=O)NCC(C)C)CC1CCCO1. The van der Waals surface area contributed by atoms with Crippen LogP contribution in [0.1, 0.15) is 33.1 Å². The van der Waals surface area contributed by atoms with Gasteiger partial charge in [0.05, 0.1) is 26.2 Å². The molecule has 0 radical (unpaired) electrons. The van der Waals surface area contributed by atoms with E-state index in [0.717, 1.165) is 19.4 Å². The van der Waals surface area contributed by atoms with E-state index in [1.165, 1.54) is 7.11 Å². The number of rotatable bonds is 9. The molecule has 1 saturated heterocycles. The molecule has 0 aromatic carbocycles. The van der Waals surface area contributed by atoms with Gasteiger partial charge in [-0.15, -0.1) is 0 Å². The smallest absolute Gasteiger partial charge is 0.306 e. The molecule has 1 atom stereocenters. The lowest BCUT2D eigenvalue weighted by Crippen LogP contribution is -2.42. The van der Waals surface area contributed by atoms with Gasteiger partial charge in [0.25, 0.3) is 0 Å². The molecular formula is C15H28N2O4. The summed E-state index contributed by atoms with van der Waals surface area (Å²) in [6, 6.07) is 0. The topological polar surface area (TPSA) is 67.9 Å². The first kappa shape index (κ1) is 17.9. The minimum Gasteiger partial charge on any atom is -0.469 e. The van der Waals surface area contributed by atoms with Crippen LogP contribution in [0.25, 0.3) is 0 Å². The van der Waals surface area contributed by atoms with Crippen molar-refractivity contribution >= 4 is 11.9 Å². The number of carbonyl (C=O) groups excluding carboxylic acids is 2. The molecule has 0 aromatic heterocycles. The van der Waals surface area contributed by atoms with Crippen molar-refractivity contribution < 1.29 is 19.1 Å². The Kier molecular flexibility index (Phi) is 8.30. The van der Waals surface area contributed by atoms with E-state index in [1.807, 2.05) is 4.90 Å². The van der Waals surface area contributed by atoms with E-state index in [2.05, 4.69) is 23.9 Å². The standard InChI is InChI=1S/C15H28N2O4/c1-12(2)9-16-14(18)11-17(7-6-15(19)20-3)10-13-5-4-8-21-13/h12-13H,4-11H2,1-3H3,(H,16,18).